The van der Waals surface area contributed by atoms with Crippen molar-refractivity contribution in [3.8, 4) is 17.2 Å². The number of thioether (sulfide) groups is 1. The Labute approximate surface area is 198 Å². The van der Waals surface area contributed by atoms with E-state index in [1.807, 2.05) is 54.6 Å². The van der Waals surface area contributed by atoms with Crippen LogP contribution in [-0.2, 0) is 4.79 Å². The van der Waals surface area contributed by atoms with Crippen molar-refractivity contribution in [3.05, 3.63) is 88.4 Å². The van der Waals surface area contributed by atoms with Crippen LogP contribution < -0.4 is 10.1 Å². The van der Waals surface area contributed by atoms with Gasteiger partial charge in [-0.15, -0.1) is 10.2 Å². The van der Waals surface area contributed by atoms with Crippen LogP contribution in [0.5, 0.6) is 5.75 Å². The molecule has 162 valence electrons. The molecule has 3 aromatic carbocycles. The predicted octanol–water partition coefficient (Wildman–Crippen LogP) is 6.52. The van der Waals surface area contributed by atoms with Gasteiger partial charge in [-0.2, -0.15) is 0 Å². The third-order valence-electron chi connectivity index (χ3n) is 4.43. The molecule has 4 aromatic rings. The van der Waals surface area contributed by atoms with Gasteiger partial charge < -0.3 is 14.5 Å². The van der Waals surface area contributed by atoms with Crippen molar-refractivity contribution >= 4 is 46.6 Å². The highest BCUT2D eigenvalue weighted by Crippen LogP contribution is 2.38. The number of anilines is 1. The second-order valence-electron chi connectivity index (χ2n) is 6.63. The first-order valence-corrected chi connectivity index (χ1v) is 11.1. The summed E-state index contributed by atoms with van der Waals surface area (Å²) in [5.74, 6) is 0.637. The second kappa shape index (κ2) is 10.1. The number of nitrogens with zero attached hydrogens (tertiary/aromatic N) is 2. The molecular formula is C23H17Cl2N3O3S. The van der Waals surface area contributed by atoms with Crippen molar-refractivity contribution in [1.29, 1.82) is 0 Å². The van der Waals surface area contributed by atoms with Gasteiger partial charge in [0.1, 0.15) is 11.0 Å². The number of carbonyl (C=O) groups is 1. The quantitative estimate of drug-likeness (QED) is 0.300. The van der Waals surface area contributed by atoms with E-state index in [1.165, 1.54) is 0 Å². The van der Waals surface area contributed by atoms with E-state index in [1.54, 1.807) is 25.3 Å². The third kappa shape index (κ3) is 5.24. The molecular weight excluding hydrogens is 469 g/mol. The van der Waals surface area contributed by atoms with E-state index in [-0.39, 0.29) is 11.1 Å². The average molecular weight is 486 g/mol. The van der Waals surface area contributed by atoms with Crippen molar-refractivity contribution in [2.45, 2.75) is 10.5 Å². The molecule has 0 unspecified atom stereocenters. The molecule has 1 N–H and O–H groups in total. The summed E-state index contributed by atoms with van der Waals surface area (Å²) >= 11 is 13.3. The lowest BCUT2D eigenvalue weighted by molar-refractivity contribution is -0.115. The highest BCUT2D eigenvalue weighted by molar-refractivity contribution is 8.00. The molecule has 0 aliphatic carbocycles. The maximum absolute atomic E-state index is 13.2. The van der Waals surface area contributed by atoms with Crippen LogP contribution in [-0.4, -0.2) is 23.2 Å². The van der Waals surface area contributed by atoms with E-state index in [0.717, 1.165) is 17.3 Å². The second-order valence-corrected chi connectivity index (χ2v) is 8.56. The fraction of sp³-hybridized carbons (Fsp3) is 0.0870. The van der Waals surface area contributed by atoms with Gasteiger partial charge >= 0.3 is 0 Å². The summed E-state index contributed by atoms with van der Waals surface area (Å²) in [6.07, 6.45) is 0. The fourth-order valence-electron chi connectivity index (χ4n) is 3.02. The Bertz CT molecular complexity index is 1210. The van der Waals surface area contributed by atoms with Crippen LogP contribution in [0.2, 0.25) is 10.0 Å². The number of nitrogens with one attached hydrogen (secondary N) is 1. The van der Waals surface area contributed by atoms with Crippen LogP contribution in [0.15, 0.2) is 82.4 Å². The van der Waals surface area contributed by atoms with Crippen molar-refractivity contribution in [1.82, 2.24) is 10.2 Å². The molecule has 0 aliphatic heterocycles. The van der Waals surface area contributed by atoms with Crippen LogP contribution >= 0.6 is 35.0 Å². The Hall–Kier alpha value is -3.00. The first kappa shape index (κ1) is 22.2. The van der Waals surface area contributed by atoms with E-state index in [0.29, 0.717) is 32.9 Å². The number of hydrogen-bond acceptors (Lipinski definition) is 6. The Morgan fingerprint density at radius 2 is 1.69 bits per heavy atom. The summed E-state index contributed by atoms with van der Waals surface area (Å²) < 4.78 is 11.2. The van der Waals surface area contributed by atoms with Crippen molar-refractivity contribution < 1.29 is 13.9 Å². The number of aromatic nitrogens is 2. The zero-order chi connectivity index (χ0) is 22.5. The third-order valence-corrected chi connectivity index (χ3v) is 5.96. The summed E-state index contributed by atoms with van der Waals surface area (Å²) in [5.41, 5.74) is 1.94. The molecule has 0 fully saturated rings. The molecule has 0 spiro atoms. The number of ether oxygens (including phenoxy) is 1. The van der Waals surface area contributed by atoms with E-state index in [9.17, 15) is 4.79 Å². The molecule has 0 saturated heterocycles. The standard InChI is InChI=1S/C23H17Cl2N3O3S/c1-30-19-10-6-5-9-18(19)22-27-28-23(31-22)32-20(14-7-3-2-4-8-14)21(29)26-17-12-15(24)11-16(25)13-17/h2-13,20H,1H3,(H,26,29)/t20-/m0/s1. The predicted molar refractivity (Wildman–Crippen MR) is 126 cm³/mol. The summed E-state index contributed by atoms with van der Waals surface area (Å²) in [6.45, 7) is 0. The molecule has 6 nitrogen and oxygen atoms in total. The van der Waals surface area contributed by atoms with Gasteiger partial charge in [-0.1, -0.05) is 65.7 Å². The average Bonchev–Trinajstić information content (AvgIpc) is 3.26. The number of carbonyl (C=O) groups excluding carboxylic acids is 1. The fourth-order valence-corrected chi connectivity index (χ4v) is 4.42. The van der Waals surface area contributed by atoms with E-state index in [4.69, 9.17) is 32.4 Å². The Balaban J connectivity index is 1.61. The number of methoxy groups -OCH3 is 1. The SMILES string of the molecule is COc1ccccc1-c1nnc(S[C@H](C(=O)Nc2cc(Cl)cc(Cl)c2)c2ccccc2)o1. The summed E-state index contributed by atoms with van der Waals surface area (Å²) in [5, 5.41) is 11.6. The van der Waals surface area contributed by atoms with Crippen LogP contribution in [0, 0.1) is 0 Å². The largest absolute Gasteiger partial charge is 0.496 e. The van der Waals surface area contributed by atoms with Gasteiger partial charge in [0.05, 0.1) is 12.7 Å². The molecule has 0 bridgehead atoms. The van der Waals surface area contributed by atoms with Crippen molar-refractivity contribution in [2.24, 2.45) is 0 Å². The molecule has 32 heavy (non-hydrogen) atoms. The molecule has 0 saturated carbocycles. The number of rotatable bonds is 7. The number of amides is 1. The highest BCUT2D eigenvalue weighted by atomic mass is 35.5. The molecule has 1 amide bonds. The van der Waals surface area contributed by atoms with Gasteiger partial charge in [0.15, 0.2) is 0 Å². The minimum absolute atomic E-state index is 0.249. The number of para-hydroxylation sites is 1. The first-order chi connectivity index (χ1) is 15.5. The van der Waals surface area contributed by atoms with Crippen LogP contribution in [0.4, 0.5) is 5.69 Å². The van der Waals surface area contributed by atoms with Crippen LogP contribution in [0.25, 0.3) is 11.5 Å². The summed E-state index contributed by atoms with van der Waals surface area (Å²) in [7, 11) is 1.57. The number of halogens is 2. The van der Waals surface area contributed by atoms with Gasteiger partial charge in [0, 0.05) is 15.7 Å². The topological polar surface area (TPSA) is 77.2 Å². The van der Waals surface area contributed by atoms with Gasteiger partial charge in [-0.05, 0) is 47.7 Å². The maximum Gasteiger partial charge on any atom is 0.277 e. The van der Waals surface area contributed by atoms with Crippen molar-refractivity contribution in [3.63, 3.8) is 0 Å². The lowest BCUT2D eigenvalue weighted by Gasteiger charge is -2.15. The molecule has 9 heteroatoms. The lowest BCUT2D eigenvalue weighted by Crippen LogP contribution is -2.19. The van der Waals surface area contributed by atoms with Gasteiger partial charge in [0.25, 0.3) is 11.1 Å². The van der Waals surface area contributed by atoms with Crippen molar-refractivity contribution in [2.75, 3.05) is 12.4 Å². The molecule has 1 heterocycles. The maximum atomic E-state index is 13.2. The number of hydrogen-bond donors (Lipinski definition) is 1. The zero-order valence-corrected chi connectivity index (χ0v) is 19.1. The van der Waals surface area contributed by atoms with E-state index >= 15 is 0 Å². The Morgan fingerprint density at radius 1 is 1.00 bits per heavy atom. The van der Waals surface area contributed by atoms with Crippen LogP contribution in [0.3, 0.4) is 0 Å². The Morgan fingerprint density at radius 3 is 2.41 bits per heavy atom. The van der Waals surface area contributed by atoms with E-state index in [2.05, 4.69) is 15.5 Å². The zero-order valence-electron chi connectivity index (χ0n) is 16.8. The minimum Gasteiger partial charge on any atom is -0.496 e. The lowest BCUT2D eigenvalue weighted by atomic mass is 10.1. The van der Waals surface area contributed by atoms with Gasteiger partial charge in [0.2, 0.25) is 5.91 Å². The molecule has 0 aliphatic rings. The van der Waals surface area contributed by atoms with Gasteiger partial charge in [-0.25, -0.2) is 0 Å². The monoisotopic (exact) mass is 485 g/mol. The molecule has 0 radical (unpaired) electrons. The normalized spacial score (nSPS) is 11.7. The summed E-state index contributed by atoms with van der Waals surface area (Å²) in [4.78, 5) is 13.2. The molecule has 1 atom stereocenters. The Kier molecular flexibility index (Phi) is 6.99. The van der Waals surface area contributed by atoms with E-state index < -0.39 is 5.25 Å². The van der Waals surface area contributed by atoms with Gasteiger partial charge in [-0.3, -0.25) is 4.79 Å². The minimum atomic E-state index is -0.653. The smallest absolute Gasteiger partial charge is 0.277 e. The number of benzene rings is 3. The van der Waals surface area contributed by atoms with Crippen LogP contribution in [0.1, 0.15) is 10.8 Å². The first-order valence-electron chi connectivity index (χ1n) is 9.49. The summed E-state index contributed by atoms with van der Waals surface area (Å²) in [6, 6.07) is 21.5. The molecule has 4 rings (SSSR count). The molecule has 1 aromatic heterocycles. The highest BCUT2D eigenvalue weighted by Gasteiger charge is 2.26.